The van der Waals surface area contributed by atoms with E-state index in [4.69, 9.17) is 4.74 Å². The van der Waals surface area contributed by atoms with Gasteiger partial charge in [-0.1, -0.05) is 12.1 Å². The number of nitrogens with one attached hydrogen (secondary N) is 1. The number of nitrogens with zero attached hydrogens (tertiary/aromatic N) is 1. The predicted octanol–water partition coefficient (Wildman–Crippen LogP) is 2.51. The second-order valence-corrected chi connectivity index (χ2v) is 8.64. The summed E-state index contributed by atoms with van der Waals surface area (Å²) in [5.41, 5.74) is 1.53. The van der Waals surface area contributed by atoms with Gasteiger partial charge in [0.05, 0.1) is 5.54 Å². The van der Waals surface area contributed by atoms with Gasteiger partial charge in [0.2, 0.25) is 5.91 Å². The highest BCUT2D eigenvalue weighted by Crippen LogP contribution is 2.59. The van der Waals surface area contributed by atoms with Gasteiger partial charge in [0.1, 0.15) is 12.4 Å². The first kappa shape index (κ1) is 16.1. The summed E-state index contributed by atoms with van der Waals surface area (Å²) in [6.07, 6.45) is 2.92. The van der Waals surface area contributed by atoms with Gasteiger partial charge in [-0.05, 0) is 55.7 Å². The number of rotatable bonds is 2. The first-order valence-electron chi connectivity index (χ1n) is 9.41. The maximum Gasteiger partial charge on any atom is 0.407 e. The Balaban J connectivity index is 1.22. The molecule has 5 nitrogen and oxygen atoms in total. The number of piperidine rings is 1. The predicted molar refractivity (Wildman–Crippen MR) is 92.1 cm³/mol. The van der Waals surface area contributed by atoms with Crippen LogP contribution in [0, 0.1) is 24.6 Å². The molecule has 4 fully saturated rings. The van der Waals surface area contributed by atoms with Gasteiger partial charge in [-0.25, -0.2) is 9.18 Å². The van der Waals surface area contributed by atoms with E-state index >= 15 is 0 Å². The van der Waals surface area contributed by atoms with Crippen LogP contribution in [0.3, 0.4) is 0 Å². The van der Waals surface area contributed by atoms with Gasteiger partial charge in [0.25, 0.3) is 0 Å². The van der Waals surface area contributed by atoms with Gasteiger partial charge in [-0.3, -0.25) is 4.79 Å². The zero-order chi connectivity index (χ0) is 18.1. The van der Waals surface area contributed by atoms with E-state index < -0.39 is 0 Å². The number of carbonyl (C=O) groups is 2. The van der Waals surface area contributed by atoms with E-state index in [9.17, 15) is 14.0 Å². The molecule has 1 spiro atoms. The van der Waals surface area contributed by atoms with Crippen molar-refractivity contribution in [2.75, 3.05) is 19.7 Å². The van der Waals surface area contributed by atoms with Crippen molar-refractivity contribution in [3.8, 4) is 0 Å². The van der Waals surface area contributed by atoms with E-state index in [2.05, 4.69) is 5.32 Å². The van der Waals surface area contributed by atoms with Crippen LogP contribution >= 0.6 is 0 Å². The van der Waals surface area contributed by atoms with Gasteiger partial charge in [0.15, 0.2) is 0 Å². The average Bonchev–Trinajstić information content (AvgIpc) is 3.21. The van der Waals surface area contributed by atoms with E-state index in [1.807, 2.05) is 17.0 Å². The van der Waals surface area contributed by atoms with Crippen molar-refractivity contribution < 1.29 is 18.7 Å². The van der Waals surface area contributed by atoms with Crippen molar-refractivity contribution in [3.05, 3.63) is 35.1 Å². The lowest BCUT2D eigenvalue weighted by atomic mass is 9.68. The third-order valence-corrected chi connectivity index (χ3v) is 7.03. The number of hydrogen-bond donors (Lipinski definition) is 1. The first-order valence-corrected chi connectivity index (χ1v) is 9.41. The van der Waals surface area contributed by atoms with Gasteiger partial charge in [0, 0.05) is 24.4 Å². The second-order valence-electron chi connectivity index (χ2n) is 8.64. The minimum absolute atomic E-state index is 0.0138. The summed E-state index contributed by atoms with van der Waals surface area (Å²) in [5.74, 6) is 0.486. The molecule has 1 aromatic rings. The molecule has 2 saturated heterocycles. The van der Waals surface area contributed by atoms with Crippen molar-refractivity contribution in [1.29, 1.82) is 0 Å². The maximum atomic E-state index is 14.0. The number of likely N-dealkylation sites (tertiary alicyclic amines) is 1. The molecule has 2 amide bonds. The Morgan fingerprint density at radius 1 is 1.35 bits per heavy atom. The zero-order valence-corrected chi connectivity index (χ0v) is 14.9. The van der Waals surface area contributed by atoms with E-state index in [1.165, 1.54) is 0 Å². The molecule has 0 radical (unpaired) electrons. The zero-order valence-electron chi connectivity index (χ0n) is 14.9. The number of halogens is 1. The Kier molecular flexibility index (Phi) is 3.22. The Morgan fingerprint density at radius 2 is 2.15 bits per heavy atom. The molecule has 2 saturated carbocycles. The highest BCUT2D eigenvalue weighted by Gasteiger charge is 2.59. The number of carbonyl (C=O) groups excluding carboxylic acids is 2. The molecule has 1 N–H and O–H groups in total. The third-order valence-electron chi connectivity index (χ3n) is 7.03. The van der Waals surface area contributed by atoms with Crippen LogP contribution in [0.2, 0.25) is 0 Å². The van der Waals surface area contributed by atoms with Crippen molar-refractivity contribution in [2.24, 2.45) is 11.8 Å². The number of benzene rings is 1. The summed E-state index contributed by atoms with van der Waals surface area (Å²) < 4.78 is 18.9. The Bertz CT molecular complexity index is 804. The first-order chi connectivity index (χ1) is 12.4. The lowest BCUT2D eigenvalue weighted by Gasteiger charge is -2.44. The normalized spacial score (nSPS) is 37.6. The Hall–Kier alpha value is -2.11. The smallest absolute Gasteiger partial charge is 0.407 e. The van der Waals surface area contributed by atoms with Crippen molar-refractivity contribution in [2.45, 2.75) is 43.6 Å². The average molecular weight is 358 g/mol. The number of aryl methyl sites for hydroxylation is 1. The topological polar surface area (TPSA) is 58.6 Å². The molecule has 0 bridgehead atoms. The van der Waals surface area contributed by atoms with Gasteiger partial charge in [-0.2, -0.15) is 0 Å². The molecule has 1 aromatic carbocycles. The number of ether oxygens (including phenoxy) is 1. The highest BCUT2D eigenvalue weighted by molar-refractivity contribution is 5.82. The largest absolute Gasteiger partial charge is 0.447 e. The van der Waals surface area contributed by atoms with Crippen LogP contribution in [-0.4, -0.2) is 42.1 Å². The van der Waals surface area contributed by atoms with E-state index in [0.29, 0.717) is 30.9 Å². The fourth-order valence-electron chi connectivity index (χ4n) is 5.25. The molecule has 26 heavy (non-hydrogen) atoms. The van der Waals surface area contributed by atoms with Crippen LogP contribution in [0.5, 0.6) is 0 Å². The van der Waals surface area contributed by atoms with Crippen LogP contribution in [0.4, 0.5) is 9.18 Å². The number of alkyl carbamates (subject to hydrolysis) is 1. The van der Waals surface area contributed by atoms with E-state index in [1.54, 1.807) is 13.0 Å². The van der Waals surface area contributed by atoms with Crippen LogP contribution in [0.15, 0.2) is 18.2 Å². The maximum absolute atomic E-state index is 14.0. The minimum atomic E-state index is -0.373. The van der Waals surface area contributed by atoms with Crippen LogP contribution in [0.1, 0.15) is 36.8 Å². The number of cyclic esters (lactones) is 1. The van der Waals surface area contributed by atoms with E-state index in [-0.39, 0.29) is 34.7 Å². The van der Waals surface area contributed by atoms with Crippen molar-refractivity contribution in [3.63, 3.8) is 0 Å². The molecule has 2 aliphatic heterocycles. The number of amides is 2. The lowest BCUT2D eigenvalue weighted by molar-refractivity contribution is -0.142. The molecule has 4 aliphatic rings. The molecule has 0 aromatic heterocycles. The van der Waals surface area contributed by atoms with Gasteiger partial charge in [-0.15, -0.1) is 0 Å². The molecule has 2 atom stereocenters. The molecular formula is C20H23FN2O3. The standard InChI is InChI=1S/C20H23FN2O3/c1-12-2-3-14(6-16(12)21)20-4-5-23(10-15(20)9-20)17(24)13-7-19(8-13)11-26-18(25)22-19/h2-3,6,13,15H,4-5,7-11H2,1H3,(H,22,25)/t13?,15?,19?,20-/m1/s1. The van der Waals surface area contributed by atoms with Crippen LogP contribution in [-0.2, 0) is 14.9 Å². The quantitative estimate of drug-likeness (QED) is 0.884. The lowest BCUT2D eigenvalue weighted by Crippen LogP contribution is -2.58. The summed E-state index contributed by atoms with van der Waals surface area (Å²) in [5, 5.41) is 2.84. The summed E-state index contributed by atoms with van der Waals surface area (Å²) >= 11 is 0. The van der Waals surface area contributed by atoms with Crippen molar-refractivity contribution in [1.82, 2.24) is 10.2 Å². The van der Waals surface area contributed by atoms with E-state index in [0.717, 1.165) is 31.5 Å². The summed E-state index contributed by atoms with van der Waals surface area (Å²) in [6, 6.07) is 5.59. The third kappa shape index (κ3) is 2.27. The summed E-state index contributed by atoms with van der Waals surface area (Å²) in [7, 11) is 0. The summed E-state index contributed by atoms with van der Waals surface area (Å²) in [4.78, 5) is 26.0. The van der Waals surface area contributed by atoms with Gasteiger partial charge < -0.3 is 15.0 Å². The van der Waals surface area contributed by atoms with Crippen LogP contribution < -0.4 is 5.32 Å². The number of fused-ring (bicyclic) bond motifs is 1. The molecule has 6 heteroatoms. The molecule has 2 aliphatic carbocycles. The molecule has 5 rings (SSSR count). The van der Waals surface area contributed by atoms with Crippen LogP contribution in [0.25, 0.3) is 0 Å². The Labute approximate surface area is 151 Å². The minimum Gasteiger partial charge on any atom is -0.447 e. The molecule has 138 valence electrons. The monoisotopic (exact) mass is 358 g/mol. The number of hydrogen-bond acceptors (Lipinski definition) is 3. The molecule has 2 heterocycles. The fourth-order valence-corrected chi connectivity index (χ4v) is 5.25. The SMILES string of the molecule is Cc1ccc([C@]23CCN(C(=O)C4CC5(COC(=O)N5)C4)CC2C3)cc1F. The Morgan fingerprint density at radius 3 is 2.81 bits per heavy atom. The molecular weight excluding hydrogens is 335 g/mol. The molecule has 1 unspecified atom stereocenters. The fraction of sp³-hybridized carbons (Fsp3) is 0.600. The van der Waals surface area contributed by atoms with Gasteiger partial charge >= 0.3 is 6.09 Å². The second kappa shape index (κ2) is 5.21. The summed E-state index contributed by atoms with van der Waals surface area (Å²) in [6.45, 7) is 3.66. The van der Waals surface area contributed by atoms with Crippen molar-refractivity contribution >= 4 is 12.0 Å². The highest BCUT2D eigenvalue weighted by atomic mass is 19.1.